The molecule has 7 aromatic rings. The predicted molar refractivity (Wildman–Crippen MR) is 314 cm³/mol. The zero-order valence-electron chi connectivity index (χ0n) is 49.5. The number of hydrogen-bond acceptors (Lipinski definition) is 3. The number of allylic oxidation sites excluding steroid dienone is 4. The van der Waals surface area contributed by atoms with Crippen molar-refractivity contribution in [3.63, 3.8) is 0 Å². The average molecular weight is 1580 g/mol. The summed E-state index contributed by atoms with van der Waals surface area (Å²) in [6, 6.07) is 22.1. The molecule has 2 heterocycles. The van der Waals surface area contributed by atoms with Gasteiger partial charge in [-0.3, -0.25) is 0 Å². The number of nitrogens with zero attached hydrogens (tertiary/aromatic N) is 2. The van der Waals surface area contributed by atoms with Crippen molar-refractivity contribution in [2.45, 2.75) is 107 Å². The van der Waals surface area contributed by atoms with E-state index in [9.17, 15) is 105 Å². The zero-order chi connectivity index (χ0) is 70.1. The van der Waals surface area contributed by atoms with Crippen LogP contribution in [0, 0.1) is 5.92 Å². The summed E-state index contributed by atoms with van der Waals surface area (Å²) < 4.78 is 350. The first-order chi connectivity index (χ1) is 44.0. The molecule has 0 amide bonds. The van der Waals surface area contributed by atoms with Crippen molar-refractivity contribution in [1.29, 1.82) is 0 Å². The van der Waals surface area contributed by atoms with Gasteiger partial charge >= 0.3 is 49.4 Å². The first-order valence-electron chi connectivity index (χ1n) is 28.6. The van der Waals surface area contributed by atoms with Crippen LogP contribution in [-0.2, 0) is 80.7 Å². The summed E-state index contributed by atoms with van der Waals surface area (Å²) in [5, 5.41) is 2.69. The summed E-state index contributed by atoms with van der Waals surface area (Å²) in [4.78, 5) is 5.04. The van der Waals surface area contributed by atoms with Gasteiger partial charge in [0, 0.05) is 42.8 Å². The molecule has 0 unspecified atom stereocenters. The number of hydrogen-bond donors (Lipinski definition) is 0. The van der Waals surface area contributed by atoms with Crippen LogP contribution in [0.2, 0.25) is 0 Å². The second kappa shape index (κ2) is 29.1. The zero-order valence-corrected chi connectivity index (χ0v) is 52.8. The second-order valence-corrected chi connectivity index (χ2v) is 24.7. The molecule has 0 spiro atoms. The number of aliphatic imine (C=N–C) groups is 1. The van der Waals surface area contributed by atoms with E-state index < -0.39 is 203 Å². The number of ether oxygens (including phenoxy) is 1. The van der Waals surface area contributed by atoms with Gasteiger partial charge in [0.2, 0.25) is 5.90 Å². The Morgan fingerprint density at radius 1 is 0.396 bits per heavy atom. The summed E-state index contributed by atoms with van der Waals surface area (Å²) in [6.07, 6.45) is -39.9. The molecule has 0 aromatic heterocycles. The molecular formula is C66H51BF24IrN2OP-. The molecule has 2 aliphatic heterocycles. The van der Waals surface area contributed by atoms with Crippen LogP contribution in [0.1, 0.15) is 89.6 Å². The second-order valence-electron chi connectivity index (χ2n) is 22.6. The van der Waals surface area contributed by atoms with E-state index in [-0.39, 0.29) is 32.2 Å². The van der Waals surface area contributed by atoms with Gasteiger partial charge in [-0.1, -0.05) is 166 Å². The van der Waals surface area contributed by atoms with Crippen LogP contribution in [0.5, 0.6) is 0 Å². The van der Waals surface area contributed by atoms with Crippen LogP contribution in [0.15, 0.2) is 187 Å². The van der Waals surface area contributed by atoms with E-state index in [0.717, 1.165) is 12.3 Å². The van der Waals surface area contributed by atoms with Crippen molar-refractivity contribution in [1.82, 2.24) is 0 Å². The number of rotatable bonds is 9. The molecule has 0 saturated carbocycles. The fourth-order valence-corrected chi connectivity index (χ4v) is 13.8. The minimum atomic E-state index is -6.13. The number of benzene rings is 7. The molecule has 0 saturated heterocycles. The fraction of sp³-hybridized carbons (Fsp3) is 0.288. The first kappa shape index (κ1) is 76.1. The molecule has 2 atom stereocenters. The first-order valence-corrected chi connectivity index (χ1v) is 29.9. The molecule has 0 fully saturated rings. The maximum Gasteiger partial charge on any atom is 0.416 e. The maximum absolute atomic E-state index is 14.2. The van der Waals surface area contributed by atoms with E-state index >= 15 is 0 Å². The van der Waals surface area contributed by atoms with Crippen LogP contribution in [-0.4, -0.2) is 30.7 Å². The fourth-order valence-electron chi connectivity index (χ4n) is 11.2. The topological polar surface area (TPSA) is 24.8 Å². The minimum absolute atomic E-state index is 0. The predicted octanol–water partition coefficient (Wildman–Crippen LogP) is 18.8. The smallest absolute Gasteiger partial charge is 0.416 e. The van der Waals surface area contributed by atoms with Crippen LogP contribution in [0.25, 0.3) is 0 Å². The van der Waals surface area contributed by atoms with Gasteiger partial charge in [-0.05, 0) is 67.5 Å². The average Bonchev–Trinajstić information content (AvgIpc) is 0.857. The van der Waals surface area contributed by atoms with Gasteiger partial charge in [-0.15, -0.1) is 0 Å². The number of fused-ring (bicyclic) bond motifs is 1. The number of alkyl halides is 24. The van der Waals surface area contributed by atoms with Crippen molar-refractivity contribution < 1.29 is 130 Å². The Hall–Kier alpha value is -7.25. The van der Waals surface area contributed by atoms with E-state index in [2.05, 4.69) is 128 Å². The molecule has 7 aromatic carbocycles. The van der Waals surface area contributed by atoms with Crippen molar-refractivity contribution in [3.05, 3.63) is 232 Å². The third-order valence-corrected chi connectivity index (χ3v) is 18.2. The summed E-state index contributed by atoms with van der Waals surface area (Å²) in [5.74, 6) is 1.40. The van der Waals surface area contributed by atoms with E-state index in [0.29, 0.717) is 12.5 Å². The van der Waals surface area contributed by atoms with Crippen molar-refractivity contribution in [2.24, 2.45) is 10.9 Å². The van der Waals surface area contributed by atoms with E-state index in [4.69, 9.17) is 9.73 Å². The number of para-hydroxylation sites is 1. The third-order valence-electron chi connectivity index (χ3n) is 15.7. The van der Waals surface area contributed by atoms with Crippen LogP contribution in [0.3, 0.4) is 0 Å². The third kappa shape index (κ3) is 17.9. The summed E-state index contributed by atoms with van der Waals surface area (Å²) in [6.45, 7) is 5.15. The van der Waals surface area contributed by atoms with Crippen LogP contribution in [0.4, 0.5) is 111 Å². The maximum atomic E-state index is 14.2. The van der Waals surface area contributed by atoms with Gasteiger partial charge in [0.1, 0.15) is 18.8 Å². The molecule has 3 aliphatic rings. The quantitative estimate of drug-likeness (QED) is 0.0623. The van der Waals surface area contributed by atoms with Crippen molar-refractivity contribution in [3.8, 4) is 0 Å². The van der Waals surface area contributed by atoms with Gasteiger partial charge in [0.15, 0.2) is 0 Å². The molecule has 1 radical (unpaired) electrons. The standard InChI is InChI=1S/C32H12BF24.C26H27N2OP.C8H12.Ir/c34-25(35,36)13-1-14(26(37,38)39)6-21(5-13)33(22-7-15(27(40,41)42)2-16(8-22)28(43,44)45,23-9-17(29(46,47)48)3-18(10-23)30(49,50)51)24-11-19(31(52,53)54)4-20(12-24)32(55,56)57;1-19(2)23-18-29-26(27-23)25-17-20-11-9-10-16-24(20)28(25)30(21-12-5-3-6-13-21)22-14-7-4-8-15-22;1-2-4-6-8-7-5-3-1;/h1-12H;3-16,19,23,25H,17-18H2,1-2H3;1-2,7-8H,3-6H2;/q-1;;;/b;;2-1-,8-7-;/t;23-,25-;;/m.0../s1. The van der Waals surface area contributed by atoms with E-state index in [1.54, 1.807) is 0 Å². The molecule has 517 valence electrons. The minimum Gasteiger partial charge on any atom is -0.477 e. The van der Waals surface area contributed by atoms with Crippen molar-refractivity contribution >= 4 is 58.3 Å². The van der Waals surface area contributed by atoms with Crippen molar-refractivity contribution in [2.75, 3.05) is 11.3 Å². The Bertz CT molecular complexity index is 3410. The SMILES string of the molecule is C1=C\CC/C=C\CC/1.CC(C)[C@@H]1COC([C@@H]2Cc3ccccc3N2P(c2ccccc2)c2ccccc2)=N1.FC(F)(F)c1cc([B-](c2cc(C(F)(F)F)cc(C(F)(F)F)c2)(c2cc(C(F)(F)F)cc(C(F)(F)F)c2)c2cc(C(F)(F)F)cc(C(F)(F)F)c2)cc(C(F)(F)F)c1.[Ir]. The monoisotopic (exact) mass is 1580 g/mol. The molecule has 1 aliphatic carbocycles. The largest absolute Gasteiger partial charge is 0.477 e. The van der Waals surface area contributed by atoms with E-state index in [1.165, 1.54) is 47.5 Å². The van der Waals surface area contributed by atoms with E-state index in [1.807, 2.05) is 0 Å². The van der Waals surface area contributed by atoms with Gasteiger partial charge in [0.25, 0.3) is 0 Å². The van der Waals surface area contributed by atoms with Crippen LogP contribution < -0.4 is 37.1 Å². The Labute approximate surface area is 548 Å². The Kier molecular flexibility index (Phi) is 23.0. The van der Waals surface area contributed by atoms with Gasteiger partial charge in [-0.25, -0.2) is 4.99 Å². The molecule has 3 nitrogen and oxygen atoms in total. The van der Waals surface area contributed by atoms with Gasteiger partial charge in [-0.2, -0.15) is 127 Å². The Balaban J connectivity index is 0.000000273. The molecule has 0 N–H and O–H groups in total. The van der Waals surface area contributed by atoms with Gasteiger partial charge < -0.3 is 9.41 Å². The molecule has 96 heavy (non-hydrogen) atoms. The number of anilines is 1. The molecule has 30 heteroatoms. The molecule has 10 rings (SSSR count). The summed E-state index contributed by atoms with van der Waals surface area (Å²) in [5.41, 5.74) is -27.5. The Morgan fingerprint density at radius 2 is 0.667 bits per heavy atom. The summed E-state index contributed by atoms with van der Waals surface area (Å²) >= 11 is 0. The summed E-state index contributed by atoms with van der Waals surface area (Å²) in [7, 11) is -0.751. The molecular weight excluding hydrogens is 1530 g/mol. The normalized spacial score (nSPS) is 17.2. The number of halogens is 24. The Morgan fingerprint density at radius 3 is 0.927 bits per heavy atom. The molecule has 0 bridgehead atoms. The van der Waals surface area contributed by atoms with Crippen LogP contribution >= 0.6 is 8.07 Å². The van der Waals surface area contributed by atoms with Gasteiger partial charge in [0.05, 0.1) is 58.6 Å².